The Labute approximate surface area is 164 Å². The van der Waals surface area contributed by atoms with Gasteiger partial charge in [-0.1, -0.05) is 28.1 Å². The molecular formula is C19H17BrN2O5. The molecule has 0 radical (unpaired) electrons. The number of carboxylic acids is 1. The first-order chi connectivity index (χ1) is 12.9. The first kappa shape index (κ1) is 20.2. The zero-order valence-electron chi connectivity index (χ0n) is 14.4. The fourth-order valence-electron chi connectivity index (χ4n) is 2.07. The number of carbonyl (C=O) groups is 3. The van der Waals surface area contributed by atoms with Crippen LogP contribution in [0.25, 0.3) is 6.08 Å². The van der Waals surface area contributed by atoms with Gasteiger partial charge in [0.15, 0.2) is 0 Å². The van der Waals surface area contributed by atoms with Gasteiger partial charge in [-0.25, -0.2) is 0 Å². The Balaban J connectivity index is 2.26. The molecule has 0 aliphatic carbocycles. The molecule has 2 rings (SSSR count). The molecule has 8 heteroatoms. The van der Waals surface area contributed by atoms with Crippen LogP contribution in [0.3, 0.4) is 0 Å². The smallest absolute Gasteiger partial charge is 0.322 e. The van der Waals surface area contributed by atoms with Crippen LogP contribution in [0, 0.1) is 0 Å². The van der Waals surface area contributed by atoms with Crippen LogP contribution in [0.4, 0.5) is 0 Å². The first-order valence-electron chi connectivity index (χ1n) is 7.81. The number of aliphatic carboxylic acids is 1. The molecule has 0 saturated carbocycles. The number of carbonyl (C=O) groups excluding carboxylic acids is 2. The monoisotopic (exact) mass is 432 g/mol. The van der Waals surface area contributed by atoms with Crippen molar-refractivity contribution >= 4 is 39.8 Å². The Kier molecular flexibility index (Phi) is 7.13. The molecule has 0 aliphatic rings. The summed E-state index contributed by atoms with van der Waals surface area (Å²) in [5.74, 6) is -1.75. The van der Waals surface area contributed by atoms with E-state index >= 15 is 0 Å². The van der Waals surface area contributed by atoms with Crippen LogP contribution in [0.2, 0.25) is 0 Å². The number of rotatable bonds is 7. The van der Waals surface area contributed by atoms with Gasteiger partial charge in [0.2, 0.25) is 0 Å². The maximum Gasteiger partial charge on any atom is 0.322 e. The molecule has 0 fully saturated rings. The summed E-state index contributed by atoms with van der Waals surface area (Å²) < 4.78 is 5.89. The molecule has 0 aliphatic heterocycles. The van der Waals surface area contributed by atoms with Gasteiger partial charge in [-0.3, -0.25) is 14.4 Å². The van der Waals surface area contributed by atoms with Crippen molar-refractivity contribution in [1.82, 2.24) is 10.6 Å². The first-order valence-corrected chi connectivity index (χ1v) is 8.61. The molecular weight excluding hydrogens is 416 g/mol. The van der Waals surface area contributed by atoms with Gasteiger partial charge in [0, 0.05) is 10.0 Å². The van der Waals surface area contributed by atoms with Gasteiger partial charge in [0.1, 0.15) is 18.0 Å². The molecule has 0 heterocycles. The van der Waals surface area contributed by atoms with Crippen LogP contribution in [0.5, 0.6) is 5.75 Å². The minimum absolute atomic E-state index is 0.0747. The third-order valence-corrected chi connectivity index (χ3v) is 3.95. The number of hydrogen-bond donors (Lipinski definition) is 3. The van der Waals surface area contributed by atoms with E-state index in [2.05, 4.69) is 26.6 Å². The molecule has 3 N–H and O–H groups in total. The Morgan fingerprint density at radius 2 is 1.70 bits per heavy atom. The van der Waals surface area contributed by atoms with E-state index in [1.807, 2.05) is 0 Å². The molecule has 140 valence electrons. The minimum atomic E-state index is -1.19. The molecule has 27 heavy (non-hydrogen) atoms. The van der Waals surface area contributed by atoms with Gasteiger partial charge in [0.25, 0.3) is 11.8 Å². The highest BCUT2D eigenvalue weighted by atomic mass is 79.9. The van der Waals surface area contributed by atoms with Crippen molar-refractivity contribution in [2.75, 3.05) is 13.7 Å². The molecule has 0 unspecified atom stereocenters. The zero-order chi connectivity index (χ0) is 19.8. The highest BCUT2D eigenvalue weighted by Crippen LogP contribution is 2.14. The lowest BCUT2D eigenvalue weighted by atomic mass is 10.1. The second-order valence-corrected chi connectivity index (χ2v) is 6.28. The van der Waals surface area contributed by atoms with Crippen molar-refractivity contribution in [3.8, 4) is 5.75 Å². The lowest BCUT2D eigenvalue weighted by Crippen LogP contribution is -2.37. The molecule has 0 aromatic heterocycles. The summed E-state index contributed by atoms with van der Waals surface area (Å²) in [5.41, 5.74) is 0.909. The second-order valence-electron chi connectivity index (χ2n) is 5.37. The molecule has 0 saturated heterocycles. The van der Waals surface area contributed by atoms with E-state index in [9.17, 15) is 14.4 Å². The summed E-state index contributed by atoms with van der Waals surface area (Å²) in [6.45, 7) is -0.563. The largest absolute Gasteiger partial charge is 0.497 e. The van der Waals surface area contributed by atoms with Crippen LogP contribution in [0.1, 0.15) is 15.9 Å². The number of hydrogen-bond acceptors (Lipinski definition) is 4. The molecule has 2 amide bonds. The lowest BCUT2D eigenvalue weighted by Gasteiger charge is -2.10. The highest BCUT2D eigenvalue weighted by molar-refractivity contribution is 9.10. The number of benzene rings is 2. The molecule has 0 spiro atoms. The summed E-state index contributed by atoms with van der Waals surface area (Å²) in [6, 6.07) is 13.4. The van der Waals surface area contributed by atoms with Crippen LogP contribution in [0.15, 0.2) is 58.7 Å². The Morgan fingerprint density at radius 3 is 2.26 bits per heavy atom. The van der Waals surface area contributed by atoms with E-state index in [-0.39, 0.29) is 5.70 Å². The van der Waals surface area contributed by atoms with Crippen molar-refractivity contribution in [3.05, 3.63) is 69.8 Å². The predicted molar refractivity (Wildman–Crippen MR) is 103 cm³/mol. The number of methoxy groups -OCH3 is 1. The van der Waals surface area contributed by atoms with E-state index < -0.39 is 24.3 Å². The van der Waals surface area contributed by atoms with Crippen molar-refractivity contribution in [3.63, 3.8) is 0 Å². The average molecular weight is 433 g/mol. The fraction of sp³-hybridized carbons (Fsp3) is 0.105. The Morgan fingerprint density at radius 1 is 1.07 bits per heavy atom. The molecule has 0 bridgehead atoms. The maximum absolute atomic E-state index is 12.4. The summed E-state index contributed by atoms with van der Waals surface area (Å²) in [5, 5.41) is 13.5. The molecule has 2 aromatic rings. The molecule has 0 atom stereocenters. The SMILES string of the molecule is COc1ccc(C=C(NC(=O)c2ccc(Br)cc2)C(=O)NCC(=O)O)cc1. The van der Waals surface area contributed by atoms with Crippen molar-refractivity contribution in [1.29, 1.82) is 0 Å². The van der Waals surface area contributed by atoms with Gasteiger partial charge in [0.05, 0.1) is 7.11 Å². The number of carboxylic acid groups (broad SMARTS) is 1. The number of ether oxygens (including phenoxy) is 1. The van der Waals surface area contributed by atoms with E-state index in [0.717, 1.165) is 4.47 Å². The molecule has 7 nitrogen and oxygen atoms in total. The van der Waals surface area contributed by atoms with Crippen LogP contribution in [-0.4, -0.2) is 36.5 Å². The quantitative estimate of drug-likeness (QED) is 0.582. The average Bonchev–Trinajstić information content (AvgIpc) is 2.66. The van der Waals surface area contributed by atoms with Crippen molar-refractivity contribution in [2.24, 2.45) is 0 Å². The van der Waals surface area contributed by atoms with Gasteiger partial charge in [-0.15, -0.1) is 0 Å². The van der Waals surface area contributed by atoms with Gasteiger partial charge in [-0.05, 0) is 48.0 Å². The standard InChI is InChI=1S/C19H17BrN2O5/c1-27-15-8-2-12(3-9-15)10-16(19(26)21-11-17(23)24)22-18(25)13-4-6-14(20)7-5-13/h2-10H,11H2,1H3,(H,21,26)(H,22,25)(H,23,24). The summed E-state index contributed by atoms with van der Waals surface area (Å²) in [6.07, 6.45) is 1.45. The highest BCUT2D eigenvalue weighted by Gasteiger charge is 2.15. The normalized spacial score (nSPS) is 10.8. The van der Waals surface area contributed by atoms with Crippen molar-refractivity contribution < 1.29 is 24.2 Å². The van der Waals surface area contributed by atoms with E-state index in [4.69, 9.17) is 9.84 Å². The lowest BCUT2D eigenvalue weighted by molar-refractivity contribution is -0.137. The fourth-order valence-corrected chi connectivity index (χ4v) is 2.34. The third kappa shape index (κ3) is 6.27. The van der Waals surface area contributed by atoms with Crippen LogP contribution in [-0.2, 0) is 9.59 Å². The van der Waals surface area contributed by atoms with E-state index in [1.165, 1.54) is 13.2 Å². The maximum atomic E-state index is 12.4. The molecule has 2 aromatic carbocycles. The Bertz CT molecular complexity index is 861. The van der Waals surface area contributed by atoms with Gasteiger partial charge < -0.3 is 20.5 Å². The van der Waals surface area contributed by atoms with Crippen molar-refractivity contribution in [2.45, 2.75) is 0 Å². The Hall–Kier alpha value is -3.13. The number of amides is 2. The minimum Gasteiger partial charge on any atom is -0.497 e. The number of nitrogens with one attached hydrogen (secondary N) is 2. The van der Waals surface area contributed by atoms with E-state index in [1.54, 1.807) is 48.5 Å². The zero-order valence-corrected chi connectivity index (χ0v) is 15.9. The second kappa shape index (κ2) is 9.54. The van der Waals surface area contributed by atoms with Gasteiger partial charge in [-0.2, -0.15) is 0 Å². The van der Waals surface area contributed by atoms with E-state index in [0.29, 0.717) is 16.9 Å². The predicted octanol–water partition coefficient (Wildman–Crippen LogP) is 2.43. The summed E-state index contributed by atoms with van der Waals surface area (Å²) in [4.78, 5) is 35.4. The summed E-state index contributed by atoms with van der Waals surface area (Å²) >= 11 is 3.29. The summed E-state index contributed by atoms with van der Waals surface area (Å²) in [7, 11) is 1.54. The third-order valence-electron chi connectivity index (χ3n) is 3.43. The number of halogens is 1. The van der Waals surface area contributed by atoms with Crippen LogP contribution < -0.4 is 15.4 Å². The van der Waals surface area contributed by atoms with Gasteiger partial charge >= 0.3 is 5.97 Å². The van der Waals surface area contributed by atoms with Crippen LogP contribution >= 0.6 is 15.9 Å². The topological polar surface area (TPSA) is 105 Å².